The van der Waals surface area contributed by atoms with Crippen LogP contribution in [0.4, 0.5) is 5.82 Å². The number of hydrogen-bond acceptors (Lipinski definition) is 4. The summed E-state index contributed by atoms with van der Waals surface area (Å²) < 4.78 is 5.25. The van der Waals surface area contributed by atoms with Crippen LogP contribution in [-0.4, -0.2) is 26.2 Å². The molecule has 1 heterocycles. The first kappa shape index (κ1) is 15.6. The van der Waals surface area contributed by atoms with Gasteiger partial charge in [0.15, 0.2) is 0 Å². The monoisotopic (exact) mass is 305 g/mol. The van der Waals surface area contributed by atoms with Crippen molar-refractivity contribution in [2.24, 2.45) is 0 Å². The van der Waals surface area contributed by atoms with Crippen molar-refractivity contribution in [3.63, 3.8) is 0 Å². The molecule has 0 spiro atoms. The van der Waals surface area contributed by atoms with E-state index >= 15 is 0 Å². The average Bonchev–Trinajstić information content (AvgIpc) is 2.50. The molecule has 112 valence electrons. The summed E-state index contributed by atoms with van der Waals surface area (Å²) in [4.78, 5) is 6.69. The fraction of sp³-hybridized carbons (Fsp3) is 0.312. The van der Waals surface area contributed by atoms with E-state index in [2.05, 4.69) is 21.3 Å². The number of ether oxygens (including phenoxy) is 1. The van der Waals surface area contributed by atoms with E-state index in [4.69, 9.17) is 16.3 Å². The Morgan fingerprint density at radius 1 is 1.29 bits per heavy atom. The van der Waals surface area contributed by atoms with Crippen molar-refractivity contribution in [3.05, 3.63) is 52.7 Å². The molecular weight excluding hydrogens is 286 g/mol. The van der Waals surface area contributed by atoms with Crippen molar-refractivity contribution in [2.45, 2.75) is 13.1 Å². The lowest BCUT2D eigenvalue weighted by Gasteiger charge is -2.19. The fourth-order valence-electron chi connectivity index (χ4n) is 2.10. The Balaban J connectivity index is 2.15. The predicted molar refractivity (Wildman–Crippen MR) is 87.1 cm³/mol. The normalized spacial score (nSPS) is 10.5. The minimum Gasteiger partial charge on any atom is -0.497 e. The van der Waals surface area contributed by atoms with Crippen molar-refractivity contribution in [3.8, 4) is 5.75 Å². The van der Waals surface area contributed by atoms with Crippen molar-refractivity contribution in [1.82, 2.24) is 10.3 Å². The number of hydrogen-bond donors (Lipinski definition) is 1. The molecule has 1 aromatic heterocycles. The number of anilines is 1. The maximum absolute atomic E-state index is 6.14. The number of nitrogens with zero attached hydrogens (tertiary/aromatic N) is 2. The van der Waals surface area contributed by atoms with Crippen LogP contribution in [0.15, 0.2) is 36.4 Å². The molecule has 1 N–H and O–H groups in total. The molecule has 0 saturated carbocycles. The molecule has 2 aromatic rings. The molecular formula is C16H20ClN3O. The lowest BCUT2D eigenvalue weighted by atomic mass is 10.2. The fourth-order valence-corrected chi connectivity index (χ4v) is 2.27. The van der Waals surface area contributed by atoms with Gasteiger partial charge >= 0.3 is 0 Å². The third kappa shape index (κ3) is 4.09. The van der Waals surface area contributed by atoms with Crippen LogP contribution in [0, 0.1) is 0 Å². The molecule has 0 amide bonds. The maximum atomic E-state index is 6.14. The van der Waals surface area contributed by atoms with Crippen LogP contribution >= 0.6 is 11.6 Å². The molecule has 0 radical (unpaired) electrons. The van der Waals surface area contributed by atoms with E-state index in [1.54, 1.807) is 7.11 Å². The molecule has 2 rings (SSSR count). The Morgan fingerprint density at radius 3 is 2.81 bits per heavy atom. The number of aromatic nitrogens is 1. The van der Waals surface area contributed by atoms with E-state index in [1.807, 2.05) is 44.4 Å². The summed E-state index contributed by atoms with van der Waals surface area (Å²) in [5.41, 5.74) is 2.03. The zero-order valence-corrected chi connectivity index (χ0v) is 13.3. The van der Waals surface area contributed by atoms with Crippen LogP contribution in [0.25, 0.3) is 0 Å². The number of benzene rings is 1. The van der Waals surface area contributed by atoms with Crippen LogP contribution in [0.2, 0.25) is 5.02 Å². The van der Waals surface area contributed by atoms with Crippen molar-refractivity contribution in [1.29, 1.82) is 0 Å². The highest BCUT2D eigenvalue weighted by atomic mass is 35.5. The van der Waals surface area contributed by atoms with Crippen molar-refractivity contribution in [2.75, 3.05) is 26.1 Å². The van der Waals surface area contributed by atoms with Crippen LogP contribution in [-0.2, 0) is 13.1 Å². The first-order valence-corrected chi connectivity index (χ1v) is 7.16. The lowest BCUT2D eigenvalue weighted by molar-refractivity contribution is 0.414. The van der Waals surface area contributed by atoms with Crippen molar-refractivity contribution >= 4 is 17.4 Å². The van der Waals surface area contributed by atoms with Crippen LogP contribution < -0.4 is 15.0 Å². The molecule has 0 atom stereocenters. The number of halogens is 1. The topological polar surface area (TPSA) is 37.4 Å². The molecule has 0 aliphatic carbocycles. The number of rotatable bonds is 6. The molecule has 21 heavy (non-hydrogen) atoms. The summed E-state index contributed by atoms with van der Waals surface area (Å²) in [6.07, 6.45) is 0. The number of pyridine rings is 1. The molecule has 1 aromatic carbocycles. The van der Waals surface area contributed by atoms with Gasteiger partial charge in [-0.2, -0.15) is 0 Å². The number of nitrogens with one attached hydrogen (secondary N) is 1. The number of methoxy groups -OCH3 is 1. The van der Waals surface area contributed by atoms with E-state index in [0.717, 1.165) is 23.8 Å². The van der Waals surface area contributed by atoms with Gasteiger partial charge in [0.05, 0.1) is 17.8 Å². The zero-order valence-electron chi connectivity index (χ0n) is 12.6. The van der Waals surface area contributed by atoms with Crippen LogP contribution in [0.1, 0.15) is 11.3 Å². The average molecular weight is 306 g/mol. The van der Waals surface area contributed by atoms with E-state index in [-0.39, 0.29) is 0 Å². The SMILES string of the molecule is CNCc1nc(N(C)Cc2cccc(OC)c2)ccc1Cl. The second-order valence-electron chi connectivity index (χ2n) is 4.84. The van der Waals surface area contributed by atoms with Gasteiger partial charge in [0.2, 0.25) is 0 Å². The van der Waals surface area contributed by atoms with Gasteiger partial charge in [0, 0.05) is 20.1 Å². The van der Waals surface area contributed by atoms with Gasteiger partial charge in [-0.15, -0.1) is 0 Å². The molecule has 4 nitrogen and oxygen atoms in total. The molecule has 0 fully saturated rings. The third-order valence-electron chi connectivity index (χ3n) is 3.19. The van der Waals surface area contributed by atoms with Gasteiger partial charge < -0.3 is 15.0 Å². The summed E-state index contributed by atoms with van der Waals surface area (Å²) in [7, 11) is 5.57. The lowest BCUT2D eigenvalue weighted by Crippen LogP contribution is -2.19. The summed E-state index contributed by atoms with van der Waals surface area (Å²) in [6.45, 7) is 1.41. The van der Waals surface area contributed by atoms with Gasteiger partial charge in [-0.25, -0.2) is 4.98 Å². The quantitative estimate of drug-likeness (QED) is 0.890. The summed E-state index contributed by atoms with van der Waals surface area (Å²) >= 11 is 6.14. The summed E-state index contributed by atoms with van der Waals surface area (Å²) in [6, 6.07) is 11.9. The van der Waals surface area contributed by atoms with Crippen molar-refractivity contribution < 1.29 is 4.74 Å². The van der Waals surface area contributed by atoms with Gasteiger partial charge in [-0.05, 0) is 36.9 Å². The Labute approximate surface area is 130 Å². The molecule has 0 saturated heterocycles. The van der Waals surface area contributed by atoms with Gasteiger partial charge in [0.1, 0.15) is 11.6 Å². The minimum atomic E-state index is 0.652. The van der Waals surface area contributed by atoms with Crippen LogP contribution in [0.3, 0.4) is 0 Å². The largest absolute Gasteiger partial charge is 0.497 e. The van der Waals surface area contributed by atoms with Gasteiger partial charge in [0.25, 0.3) is 0 Å². The second-order valence-corrected chi connectivity index (χ2v) is 5.24. The Hall–Kier alpha value is -1.78. The molecule has 0 aliphatic rings. The van der Waals surface area contributed by atoms with E-state index in [1.165, 1.54) is 5.56 Å². The predicted octanol–water partition coefficient (Wildman–Crippen LogP) is 3.10. The van der Waals surface area contributed by atoms with Crippen LogP contribution in [0.5, 0.6) is 5.75 Å². The maximum Gasteiger partial charge on any atom is 0.129 e. The highest BCUT2D eigenvalue weighted by molar-refractivity contribution is 6.31. The van der Waals surface area contributed by atoms with Gasteiger partial charge in [-0.1, -0.05) is 23.7 Å². The smallest absolute Gasteiger partial charge is 0.129 e. The van der Waals surface area contributed by atoms with E-state index < -0.39 is 0 Å². The third-order valence-corrected chi connectivity index (χ3v) is 3.54. The molecule has 0 unspecified atom stereocenters. The first-order chi connectivity index (χ1) is 10.1. The second kappa shape index (κ2) is 7.29. The van der Waals surface area contributed by atoms with Gasteiger partial charge in [-0.3, -0.25) is 0 Å². The highest BCUT2D eigenvalue weighted by Crippen LogP contribution is 2.21. The van der Waals surface area contributed by atoms with E-state index in [0.29, 0.717) is 11.6 Å². The Bertz CT molecular complexity index is 604. The first-order valence-electron chi connectivity index (χ1n) is 6.78. The summed E-state index contributed by atoms with van der Waals surface area (Å²) in [5, 5.41) is 3.76. The molecule has 0 bridgehead atoms. The molecule has 5 heteroatoms. The Kier molecular flexibility index (Phi) is 5.42. The summed E-state index contributed by atoms with van der Waals surface area (Å²) in [5.74, 6) is 1.76. The minimum absolute atomic E-state index is 0.652. The Morgan fingerprint density at radius 2 is 2.10 bits per heavy atom. The van der Waals surface area contributed by atoms with E-state index in [9.17, 15) is 0 Å². The highest BCUT2D eigenvalue weighted by Gasteiger charge is 2.08. The standard InChI is InChI=1S/C16H20ClN3O/c1-18-10-15-14(17)7-8-16(19-15)20(2)11-12-5-4-6-13(9-12)21-3/h4-9,18H,10-11H2,1-3H3. The zero-order chi connectivity index (χ0) is 15.2. The molecule has 0 aliphatic heterocycles.